The Bertz CT molecular complexity index is 375. The Balaban J connectivity index is 2.40. The van der Waals surface area contributed by atoms with E-state index < -0.39 is 11.9 Å². The van der Waals surface area contributed by atoms with Gasteiger partial charge in [-0.3, -0.25) is 4.79 Å². The maximum Gasteiger partial charge on any atom is 0.306 e. The van der Waals surface area contributed by atoms with Crippen molar-refractivity contribution in [3.05, 3.63) is 35.6 Å². The average Bonchev–Trinajstić information content (AvgIpc) is 2.39. The molecular weight excluding hydrogens is 247 g/mol. The summed E-state index contributed by atoms with van der Waals surface area (Å²) in [5.41, 5.74) is 0.851. The second-order valence-electron chi connectivity index (χ2n) is 4.79. The second kappa shape index (κ2) is 8.64. The number of benzene rings is 1. The summed E-state index contributed by atoms with van der Waals surface area (Å²) in [6, 6.07) is 5.99. The second-order valence-corrected chi connectivity index (χ2v) is 4.79. The van der Waals surface area contributed by atoms with Gasteiger partial charge in [-0.15, -0.1) is 0 Å². The van der Waals surface area contributed by atoms with Crippen LogP contribution in [0.25, 0.3) is 0 Å². The number of halogens is 1. The SMILES string of the molecule is O=C(O)C(CCCCCCO)Cc1ccc(F)cc1. The van der Waals surface area contributed by atoms with Gasteiger partial charge in [0, 0.05) is 6.61 Å². The number of hydrogen-bond donors (Lipinski definition) is 2. The smallest absolute Gasteiger partial charge is 0.306 e. The van der Waals surface area contributed by atoms with Crippen molar-refractivity contribution in [2.45, 2.75) is 38.5 Å². The lowest BCUT2D eigenvalue weighted by molar-refractivity contribution is -0.142. The van der Waals surface area contributed by atoms with Gasteiger partial charge in [0.25, 0.3) is 0 Å². The molecule has 19 heavy (non-hydrogen) atoms. The first-order valence-electron chi connectivity index (χ1n) is 6.71. The molecule has 0 aliphatic carbocycles. The van der Waals surface area contributed by atoms with Crippen LogP contribution >= 0.6 is 0 Å². The van der Waals surface area contributed by atoms with E-state index in [9.17, 15) is 14.3 Å². The molecule has 0 aliphatic heterocycles. The molecule has 1 aromatic carbocycles. The molecule has 0 bridgehead atoms. The Kier molecular flexibility index (Phi) is 7.11. The molecule has 3 nitrogen and oxygen atoms in total. The highest BCUT2D eigenvalue weighted by Gasteiger charge is 2.17. The highest BCUT2D eigenvalue weighted by molar-refractivity contribution is 5.70. The van der Waals surface area contributed by atoms with Gasteiger partial charge in [-0.1, -0.05) is 31.4 Å². The van der Waals surface area contributed by atoms with Crippen LogP contribution in [0.5, 0.6) is 0 Å². The predicted octanol–water partition coefficient (Wildman–Crippen LogP) is 3.01. The zero-order valence-electron chi connectivity index (χ0n) is 11.0. The Labute approximate surface area is 113 Å². The number of rotatable bonds is 9. The average molecular weight is 268 g/mol. The molecule has 0 heterocycles. The Hall–Kier alpha value is -1.42. The van der Waals surface area contributed by atoms with Crippen molar-refractivity contribution in [3.63, 3.8) is 0 Å². The molecule has 0 aliphatic rings. The Morgan fingerprint density at radius 3 is 2.32 bits per heavy atom. The standard InChI is InChI=1S/C15H21FO3/c16-14-8-6-12(7-9-14)11-13(15(18)19)5-3-1-2-4-10-17/h6-9,13,17H,1-5,10-11H2,(H,18,19). The lowest BCUT2D eigenvalue weighted by atomic mass is 9.93. The van der Waals surface area contributed by atoms with E-state index in [-0.39, 0.29) is 12.4 Å². The van der Waals surface area contributed by atoms with Crippen LogP contribution in [0.4, 0.5) is 4.39 Å². The van der Waals surface area contributed by atoms with E-state index in [4.69, 9.17) is 5.11 Å². The van der Waals surface area contributed by atoms with Gasteiger partial charge in [-0.25, -0.2) is 4.39 Å². The number of aliphatic carboxylic acids is 1. The number of hydrogen-bond acceptors (Lipinski definition) is 2. The van der Waals surface area contributed by atoms with Crippen LogP contribution in [0, 0.1) is 11.7 Å². The zero-order chi connectivity index (χ0) is 14.1. The van der Waals surface area contributed by atoms with E-state index in [1.165, 1.54) is 12.1 Å². The minimum absolute atomic E-state index is 0.192. The molecule has 1 aromatic rings. The Morgan fingerprint density at radius 1 is 1.11 bits per heavy atom. The summed E-state index contributed by atoms with van der Waals surface area (Å²) in [6.45, 7) is 0.192. The molecule has 0 fully saturated rings. The number of unbranched alkanes of at least 4 members (excludes halogenated alkanes) is 3. The van der Waals surface area contributed by atoms with Crippen LogP contribution in [-0.2, 0) is 11.2 Å². The lowest BCUT2D eigenvalue weighted by Gasteiger charge is -2.12. The van der Waals surface area contributed by atoms with E-state index in [0.717, 1.165) is 31.2 Å². The van der Waals surface area contributed by atoms with E-state index in [1.807, 2.05) is 0 Å². The van der Waals surface area contributed by atoms with Gasteiger partial charge in [-0.2, -0.15) is 0 Å². The lowest BCUT2D eigenvalue weighted by Crippen LogP contribution is -2.16. The van der Waals surface area contributed by atoms with Gasteiger partial charge in [0.05, 0.1) is 5.92 Å². The first-order chi connectivity index (χ1) is 9.13. The van der Waals surface area contributed by atoms with Crippen LogP contribution in [0.2, 0.25) is 0 Å². The molecule has 0 saturated carbocycles. The summed E-state index contributed by atoms with van der Waals surface area (Å²) >= 11 is 0. The van der Waals surface area contributed by atoms with Crippen molar-refractivity contribution in [1.82, 2.24) is 0 Å². The molecule has 1 atom stereocenters. The zero-order valence-corrected chi connectivity index (χ0v) is 11.0. The van der Waals surface area contributed by atoms with Crippen molar-refractivity contribution >= 4 is 5.97 Å². The predicted molar refractivity (Wildman–Crippen MR) is 71.4 cm³/mol. The van der Waals surface area contributed by atoms with Crippen LogP contribution < -0.4 is 0 Å². The third-order valence-electron chi connectivity index (χ3n) is 3.21. The van der Waals surface area contributed by atoms with Gasteiger partial charge < -0.3 is 10.2 Å². The monoisotopic (exact) mass is 268 g/mol. The maximum absolute atomic E-state index is 12.8. The van der Waals surface area contributed by atoms with Crippen LogP contribution in [-0.4, -0.2) is 22.8 Å². The van der Waals surface area contributed by atoms with Gasteiger partial charge >= 0.3 is 5.97 Å². The fraction of sp³-hybridized carbons (Fsp3) is 0.533. The van der Waals surface area contributed by atoms with Gasteiger partial charge in [0.1, 0.15) is 5.82 Å². The summed E-state index contributed by atoms with van der Waals surface area (Å²) in [5, 5.41) is 17.8. The number of carboxylic acids is 1. The molecule has 1 unspecified atom stereocenters. The van der Waals surface area contributed by atoms with Crippen molar-refractivity contribution < 1.29 is 19.4 Å². The van der Waals surface area contributed by atoms with E-state index >= 15 is 0 Å². The summed E-state index contributed by atoms with van der Waals surface area (Å²) in [5.74, 6) is -1.52. The van der Waals surface area contributed by atoms with Crippen molar-refractivity contribution in [2.24, 2.45) is 5.92 Å². The third-order valence-corrected chi connectivity index (χ3v) is 3.21. The van der Waals surface area contributed by atoms with Gasteiger partial charge in [-0.05, 0) is 37.0 Å². The largest absolute Gasteiger partial charge is 0.481 e. The van der Waals surface area contributed by atoms with E-state index in [1.54, 1.807) is 12.1 Å². The van der Waals surface area contributed by atoms with Crippen molar-refractivity contribution in [3.8, 4) is 0 Å². The van der Waals surface area contributed by atoms with Crippen LogP contribution in [0.3, 0.4) is 0 Å². The van der Waals surface area contributed by atoms with Crippen molar-refractivity contribution in [2.75, 3.05) is 6.61 Å². The fourth-order valence-electron chi connectivity index (χ4n) is 2.07. The molecule has 2 N–H and O–H groups in total. The molecule has 0 aromatic heterocycles. The Morgan fingerprint density at radius 2 is 1.74 bits per heavy atom. The van der Waals surface area contributed by atoms with Crippen molar-refractivity contribution in [1.29, 1.82) is 0 Å². The summed E-state index contributed by atoms with van der Waals surface area (Å²) in [6.07, 6.45) is 4.55. The van der Waals surface area contributed by atoms with Crippen LogP contribution in [0.1, 0.15) is 37.7 Å². The fourth-order valence-corrected chi connectivity index (χ4v) is 2.07. The first-order valence-corrected chi connectivity index (χ1v) is 6.71. The molecule has 0 spiro atoms. The highest BCUT2D eigenvalue weighted by Crippen LogP contribution is 2.17. The van der Waals surface area contributed by atoms with E-state index in [2.05, 4.69) is 0 Å². The number of carbonyl (C=O) groups is 1. The minimum Gasteiger partial charge on any atom is -0.481 e. The molecule has 0 saturated heterocycles. The molecule has 0 amide bonds. The number of aliphatic hydroxyl groups is 1. The third kappa shape index (κ3) is 6.34. The van der Waals surface area contributed by atoms with E-state index in [0.29, 0.717) is 12.8 Å². The number of carboxylic acid groups (broad SMARTS) is 1. The molecule has 1 rings (SSSR count). The molecule has 4 heteroatoms. The quantitative estimate of drug-likeness (QED) is 0.677. The van der Waals surface area contributed by atoms with Crippen LogP contribution in [0.15, 0.2) is 24.3 Å². The highest BCUT2D eigenvalue weighted by atomic mass is 19.1. The summed E-state index contributed by atoms with van der Waals surface area (Å²) in [7, 11) is 0. The van der Waals surface area contributed by atoms with Gasteiger partial charge in [0.15, 0.2) is 0 Å². The van der Waals surface area contributed by atoms with Gasteiger partial charge in [0.2, 0.25) is 0 Å². The topological polar surface area (TPSA) is 57.5 Å². The molecule has 0 radical (unpaired) electrons. The summed E-state index contributed by atoms with van der Waals surface area (Å²) < 4.78 is 12.8. The normalized spacial score (nSPS) is 12.3. The minimum atomic E-state index is -0.800. The molecular formula is C15H21FO3. The maximum atomic E-state index is 12.8. The first kappa shape index (κ1) is 15.6. The molecule has 106 valence electrons. The number of aliphatic hydroxyl groups excluding tert-OH is 1. The summed E-state index contributed by atoms with van der Waals surface area (Å²) in [4.78, 5) is 11.2.